The minimum atomic E-state index is -0.173. The number of halogens is 2. The van der Waals surface area contributed by atoms with Crippen molar-refractivity contribution in [1.82, 2.24) is 0 Å². The third-order valence-corrected chi connectivity index (χ3v) is 4.42. The molecule has 0 saturated carbocycles. The van der Waals surface area contributed by atoms with E-state index in [0.717, 1.165) is 10.2 Å². The molecular formula is C17H17BrClNO. The second-order valence-electron chi connectivity index (χ2n) is 5.91. The first-order valence-electron chi connectivity index (χ1n) is 6.64. The molecule has 2 aromatic carbocycles. The number of rotatable bonds is 2. The van der Waals surface area contributed by atoms with Crippen LogP contribution in [0.3, 0.4) is 0 Å². The average Bonchev–Trinajstić information content (AvgIpc) is 2.41. The van der Waals surface area contributed by atoms with Gasteiger partial charge >= 0.3 is 0 Å². The Morgan fingerprint density at radius 2 is 1.71 bits per heavy atom. The Balaban J connectivity index is 2.14. The molecular weight excluding hydrogens is 350 g/mol. The van der Waals surface area contributed by atoms with E-state index in [4.69, 9.17) is 11.6 Å². The first kappa shape index (κ1) is 16.1. The molecule has 0 fully saturated rings. The van der Waals surface area contributed by atoms with Gasteiger partial charge in [0.05, 0.1) is 5.02 Å². The second-order valence-corrected chi connectivity index (χ2v) is 7.17. The van der Waals surface area contributed by atoms with Crippen LogP contribution in [0.4, 0.5) is 5.69 Å². The molecule has 0 aliphatic rings. The van der Waals surface area contributed by atoms with Gasteiger partial charge in [-0.05, 0) is 57.2 Å². The van der Waals surface area contributed by atoms with Gasteiger partial charge in [0.15, 0.2) is 0 Å². The largest absolute Gasteiger partial charge is 0.322 e. The Morgan fingerprint density at radius 1 is 1.10 bits per heavy atom. The van der Waals surface area contributed by atoms with Crippen molar-refractivity contribution >= 4 is 39.1 Å². The van der Waals surface area contributed by atoms with Gasteiger partial charge in [0.25, 0.3) is 5.91 Å². The first-order valence-corrected chi connectivity index (χ1v) is 7.81. The summed E-state index contributed by atoms with van der Waals surface area (Å²) in [6.07, 6.45) is 0. The van der Waals surface area contributed by atoms with E-state index >= 15 is 0 Å². The molecule has 0 aliphatic heterocycles. The molecule has 4 heteroatoms. The molecule has 0 heterocycles. The normalized spacial score (nSPS) is 11.3. The Bertz CT molecular complexity index is 659. The molecule has 2 aromatic rings. The van der Waals surface area contributed by atoms with Gasteiger partial charge in [0.1, 0.15) is 0 Å². The number of carbonyl (C=O) groups is 1. The summed E-state index contributed by atoms with van der Waals surface area (Å²) in [7, 11) is 0. The summed E-state index contributed by atoms with van der Waals surface area (Å²) in [5, 5.41) is 3.39. The summed E-state index contributed by atoms with van der Waals surface area (Å²) in [5.74, 6) is -0.173. The lowest BCUT2D eigenvalue weighted by Crippen LogP contribution is -2.13. The number of benzene rings is 2. The third kappa shape index (κ3) is 4.08. The highest BCUT2D eigenvalue weighted by Gasteiger charge is 2.13. The third-order valence-electron chi connectivity index (χ3n) is 3.19. The highest BCUT2D eigenvalue weighted by Crippen LogP contribution is 2.25. The molecule has 0 aliphatic carbocycles. The lowest BCUT2D eigenvalue weighted by Gasteiger charge is -2.19. The molecule has 0 bridgehead atoms. The molecule has 110 valence electrons. The van der Waals surface area contributed by atoms with E-state index in [9.17, 15) is 4.79 Å². The Labute approximate surface area is 138 Å². The first-order chi connectivity index (χ1) is 9.77. The van der Waals surface area contributed by atoms with Gasteiger partial charge in [-0.15, -0.1) is 0 Å². The summed E-state index contributed by atoms with van der Waals surface area (Å²) in [5.41, 5.74) is 2.63. The predicted molar refractivity (Wildman–Crippen MR) is 92.2 cm³/mol. The van der Waals surface area contributed by atoms with Crippen molar-refractivity contribution < 1.29 is 4.79 Å². The minimum absolute atomic E-state index is 0.0990. The van der Waals surface area contributed by atoms with Crippen LogP contribution >= 0.6 is 27.5 Å². The molecule has 0 unspecified atom stereocenters. The quantitative estimate of drug-likeness (QED) is 0.731. The fraction of sp³-hybridized carbons (Fsp3) is 0.235. The summed E-state index contributed by atoms with van der Waals surface area (Å²) in [4.78, 5) is 12.2. The summed E-state index contributed by atoms with van der Waals surface area (Å²) in [6, 6.07) is 13.0. The minimum Gasteiger partial charge on any atom is -0.322 e. The van der Waals surface area contributed by atoms with Gasteiger partial charge in [0.2, 0.25) is 0 Å². The highest BCUT2D eigenvalue weighted by atomic mass is 79.9. The van der Waals surface area contributed by atoms with E-state index in [1.165, 1.54) is 5.56 Å². The monoisotopic (exact) mass is 365 g/mol. The van der Waals surface area contributed by atoms with Crippen LogP contribution in [0.5, 0.6) is 0 Å². The smallest absolute Gasteiger partial charge is 0.255 e. The van der Waals surface area contributed by atoms with Gasteiger partial charge in [-0.3, -0.25) is 4.79 Å². The highest BCUT2D eigenvalue weighted by molar-refractivity contribution is 9.10. The van der Waals surface area contributed by atoms with Crippen LogP contribution in [0, 0.1) is 0 Å². The Morgan fingerprint density at radius 3 is 2.24 bits per heavy atom. The van der Waals surface area contributed by atoms with Crippen LogP contribution in [0.2, 0.25) is 5.02 Å². The van der Waals surface area contributed by atoms with Gasteiger partial charge in [-0.1, -0.05) is 44.5 Å². The standard InChI is InChI=1S/C17H17BrClNO/c1-17(2,3)12-5-7-13(8-6-12)20-16(21)11-4-9-14(18)15(19)10-11/h4-10H,1-3H3,(H,20,21). The molecule has 1 N–H and O–H groups in total. The predicted octanol–water partition coefficient (Wildman–Crippen LogP) is 5.65. The topological polar surface area (TPSA) is 29.1 Å². The van der Waals surface area contributed by atoms with Crippen molar-refractivity contribution in [2.45, 2.75) is 26.2 Å². The van der Waals surface area contributed by atoms with Crippen molar-refractivity contribution in [2.24, 2.45) is 0 Å². The van der Waals surface area contributed by atoms with E-state index in [-0.39, 0.29) is 11.3 Å². The maximum atomic E-state index is 12.2. The van der Waals surface area contributed by atoms with Crippen molar-refractivity contribution in [3.63, 3.8) is 0 Å². The fourth-order valence-corrected chi connectivity index (χ4v) is 2.32. The number of amides is 1. The SMILES string of the molecule is CC(C)(C)c1ccc(NC(=O)c2ccc(Br)c(Cl)c2)cc1. The van der Waals surface area contributed by atoms with Crippen LogP contribution in [-0.2, 0) is 5.41 Å². The van der Waals surface area contributed by atoms with E-state index in [2.05, 4.69) is 42.0 Å². The van der Waals surface area contributed by atoms with Crippen molar-refractivity contribution in [3.05, 3.63) is 63.1 Å². The zero-order chi connectivity index (χ0) is 15.6. The van der Waals surface area contributed by atoms with Crippen LogP contribution < -0.4 is 5.32 Å². The summed E-state index contributed by atoms with van der Waals surface area (Å²) < 4.78 is 0.773. The molecule has 2 nitrogen and oxygen atoms in total. The lowest BCUT2D eigenvalue weighted by atomic mass is 9.87. The van der Waals surface area contributed by atoms with Gasteiger partial charge in [-0.25, -0.2) is 0 Å². The van der Waals surface area contributed by atoms with Gasteiger partial charge in [0, 0.05) is 15.7 Å². The zero-order valence-electron chi connectivity index (χ0n) is 12.2. The van der Waals surface area contributed by atoms with Crippen molar-refractivity contribution in [3.8, 4) is 0 Å². The number of carbonyl (C=O) groups excluding carboxylic acids is 1. The number of anilines is 1. The van der Waals surface area contributed by atoms with Crippen LogP contribution in [-0.4, -0.2) is 5.91 Å². The molecule has 0 atom stereocenters. The number of hydrogen-bond acceptors (Lipinski definition) is 1. The van der Waals surface area contributed by atoms with E-state index in [1.807, 2.05) is 24.3 Å². The van der Waals surface area contributed by atoms with Crippen LogP contribution in [0.25, 0.3) is 0 Å². The van der Waals surface area contributed by atoms with Crippen molar-refractivity contribution in [1.29, 1.82) is 0 Å². The van der Waals surface area contributed by atoms with Gasteiger partial charge in [-0.2, -0.15) is 0 Å². The summed E-state index contributed by atoms with van der Waals surface area (Å²) >= 11 is 9.31. The maximum Gasteiger partial charge on any atom is 0.255 e. The Hall–Kier alpha value is -1.32. The summed E-state index contributed by atoms with van der Waals surface area (Å²) in [6.45, 7) is 6.47. The lowest BCUT2D eigenvalue weighted by molar-refractivity contribution is 0.102. The number of nitrogens with one attached hydrogen (secondary N) is 1. The molecule has 2 rings (SSSR count). The Kier molecular flexibility index (Phi) is 4.74. The molecule has 21 heavy (non-hydrogen) atoms. The molecule has 0 aromatic heterocycles. The average molecular weight is 367 g/mol. The van der Waals surface area contributed by atoms with Crippen LogP contribution in [0.1, 0.15) is 36.7 Å². The van der Waals surface area contributed by atoms with E-state index in [0.29, 0.717) is 10.6 Å². The molecule has 0 saturated heterocycles. The second kappa shape index (κ2) is 6.20. The zero-order valence-corrected chi connectivity index (χ0v) is 14.5. The number of hydrogen-bond donors (Lipinski definition) is 1. The van der Waals surface area contributed by atoms with Crippen molar-refractivity contribution in [2.75, 3.05) is 5.32 Å². The van der Waals surface area contributed by atoms with Gasteiger partial charge < -0.3 is 5.32 Å². The van der Waals surface area contributed by atoms with E-state index in [1.54, 1.807) is 18.2 Å². The molecule has 1 amide bonds. The maximum absolute atomic E-state index is 12.2. The molecule has 0 spiro atoms. The molecule has 0 radical (unpaired) electrons. The fourth-order valence-electron chi connectivity index (χ4n) is 1.89. The van der Waals surface area contributed by atoms with Crippen LogP contribution in [0.15, 0.2) is 46.9 Å². The van der Waals surface area contributed by atoms with E-state index < -0.39 is 0 Å².